The summed E-state index contributed by atoms with van der Waals surface area (Å²) >= 11 is 0. The number of anilines is 1. The molecule has 2 aliphatic heterocycles. The molecule has 4 rings (SSSR count). The minimum absolute atomic E-state index is 0.0769. The third-order valence-electron chi connectivity index (χ3n) is 7.20. The number of amides is 4. The lowest BCUT2D eigenvalue weighted by Crippen LogP contribution is -2.54. The maximum atomic E-state index is 13.2. The lowest BCUT2D eigenvalue weighted by atomic mass is 9.79. The zero-order chi connectivity index (χ0) is 25.9. The van der Waals surface area contributed by atoms with E-state index < -0.39 is 23.8 Å². The van der Waals surface area contributed by atoms with Crippen molar-refractivity contribution in [3.63, 3.8) is 0 Å². The first-order valence-electron chi connectivity index (χ1n) is 12.2. The van der Waals surface area contributed by atoms with Gasteiger partial charge in [0.2, 0.25) is 18.2 Å². The summed E-state index contributed by atoms with van der Waals surface area (Å²) in [6, 6.07) is 4.46. The van der Waals surface area contributed by atoms with Crippen LogP contribution in [0.3, 0.4) is 0 Å². The van der Waals surface area contributed by atoms with Gasteiger partial charge in [-0.3, -0.25) is 29.4 Å². The second-order valence-electron chi connectivity index (χ2n) is 9.96. The van der Waals surface area contributed by atoms with Crippen LogP contribution in [-0.4, -0.2) is 59.9 Å². The smallest absolute Gasteiger partial charge is 0.261 e. The van der Waals surface area contributed by atoms with Crippen molar-refractivity contribution in [1.29, 1.82) is 5.41 Å². The van der Waals surface area contributed by atoms with Gasteiger partial charge < -0.3 is 15.6 Å². The quantitative estimate of drug-likeness (QED) is 0.233. The van der Waals surface area contributed by atoms with Gasteiger partial charge in [0.15, 0.2) is 0 Å². The lowest BCUT2D eigenvalue weighted by molar-refractivity contribution is -0.139. The first kappa shape index (κ1) is 25.2. The number of allylic oxidation sites excluding steroid dienone is 1. The van der Waals surface area contributed by atoms with E-state index in [2.05, 4.69) is 34.3 Å². The van der Waals surface area contributed by atoms with Gasteiger partial charge in [-0.15, -0.1) is 0 Å². The summed E-state index contributed by atoms with van der Waals surface area (Å²) in [5.74, 6) is 4.84. The van der Waals surface area contributed by atoms with Crippen molar-refractivity contribution < 1.29 is 19.2 Å². The summed E-state index contributed by atoms with van der Waals surface area (Å²) in [4.78, 5) is 51.6. The van der Waals surface area contributed by atoms with Crippen LogP contribution in [0.15, 0.2) is 30.0 Å². The number of nitrogens with one attached hydrogen (secondary N) is 3. The molecule has 0 bridgehead atoms. The molecule has 0 radical (unpaired) electrons. The van der Waals surface area contributed by atoms with E-state index in [4.69, 9.17) is 5.41 Å². The van der Waals surface area contributed by atoms with E-state index in [0.717, 1.165) is 23.4 Å². The van der Waals surface area contributed by atoms with E-state index in [-0.39, 0.29) is 24.3 Å². The molecule has 0 aromatic heterocycles. The highest BCUT2D eigenvalue weighted by atomic mass is 16.2. The van der Waals surface area contributed by atoms with E-state index in [1.807, 2.05) is 18.3 Å². The summed E-state index contributed by atoms with van der Waals surface area (Å²) in [6.45, 7) is 5.32. The Kier molecular flexibility index (Phi) is 7.25. The van der Waals surface area contributed by atoms with Gasteiger partial charge in [-0.1, -0.05) is 17.9 Å². The maximum absolute atomic E-state index is 13.2. The molecule has 3 fully saturated rings. The predicted molar refractivity (Wildman–Crippen MR) is 135 cm³/mol. The van der Waals surface area contributed by atoms with Crippen LogP contribution in [0.1, 0.15) is 54.9 Å². The predicted octanol–water partition coefficient (Wildman–Crippen LogP) is 1.90. The summed E-state index contributed by atoms with van der Waals surface area (Å²) < 4.78 is 0. The van der Waals surface area contributed by atoms with Gasteiger partial charge >= 0.3 is 0 Å². The van der Waals surface area contributed by atoms with Crippen LogP contribution in [0, 0.1) is 30.1 Å². The minimum atomic E-state index is -1.00. The molecule has 1 saturated carbocycles. The SMILES string of the molecule is Cc1ccc(N2CC(C#C/C(C=N)=C/NC3(C)CCC3)C2)cc1C(=O)N(C=O)C1CCC(=O)NC1=O. The van der Waals surface area contributed by atoms with Crippen LogP contribution in [0.4, 0.5) is 5.69 Å². The van der Waals surface area contributed by atoms with Crippen molar-refractivity contribution in [1.82, 2.24) is 15.5 Å². The van der Waals surface area contributed by atoms with Gasteiger partial charge in [0.25, 0.3) is 5.91 Å². The van der Waals surface area contributed by atoms with E-state index in [1.54, 1.807) is 13.0 Å². The lowest BCUT2D eigenvalue weighted by Gasteiger charge is -2.39. The molecule has 36 heavy (non-hydrogen) atoms. The Labute approximate surface area is 210 Å². The Morgan fingerprint density at radius 3 is 2.67 bits per heavy atom. The molecular formula is C27H31N5O4. The standard InChI is InChI=1S/C27H31N5O4/c1-18-4-7-21(12-22(18)26(36)32(17-33)23-8-9-24(34)30-25(23)35)31-15-20(16-31)6-5-19(13-28)14-29-27(2)10-3-11-27/h4,7,12-14,17,20,23,28-29H,3,8-11,15-16H2,1-2H3,(H,30,34,35)/b19-14-,28-13?. The molecule has 1 aromatic carbocycles. The molecule has 188 valence electrons. The fourth-order valence-corrected chi connectivity index (χ4v) is 4.57. The molecule has 3 N–H and O–H groups in total. The van der Waals surface area contributed by atoms with E-state index in [9.17, 15) is 19.2 Å². The maximum Gasteiger partial charge on any atom is 0.261 e. The van der Waals surface area contributed by atoms with Crippen LogP contribution in [0.5, 0.6) is 0 Å². The number of rotatable bonds is 7. The third-order valence-corrected chi connectivity index (χ3v) is 7.20. The van der Waals surface area contributed by atoms with E-state index >= 15 is 0 Å². The van der Waals surface area contributed by atoms with Gasteiger partial charge in [-0.25, -0.2) is 0 Å². The van der Waals surface area contributed by atoms with Crippen molar-refractivity contribution in [2.24, 2.45) is 5.92 Å². The molecule has 0 spiro atoms. The minimum Gasteiger partial charge on any atom is -0.385 e. The first-order chi connectivity index (χ1) is 17.2. The average molecular weight is 490 g/mol. The molecule has 1 aliphatic carbocycles. The second-order valence-corrected chi connectivity index (χ2v) is 9.96. The van der Waals surface area contributed by atoms with Gasteiger partial charge in [-0.05, 0) is 57.2 Å². The van der Waals surface area contributed by atoms with Gasteiger partial charge in [0.05, 0.1) is 11.5 Å². The van der Waals surface area contributed by atoms with Crippen molar-refractivity contribution in [2.75, 3.05) is 18.0 Å². The van der Waals surface area contributed by atoms with Crippen LogP contribution in [0.2, 0.25) is 0 Å². The molecule has 1 atom stereocenters. The molecule has 9 heteroatoms. The number of hydrogen-bond donors (Lipinski definition) is 3. The van der Waals surface area contributed by atoms with Crippen LogP contribution >= 0.6 is 0 Å². The number of nitrogens with zero attached hydrogens (tertiary/aromatic N) is 2. The Balaban J connectivity index is 1.40. The molecule has 9 nitrogen and oxygen atoms in total. The van der Waals surface area contributed by atoms with Crippen LogP contribution < -0.4 is 15.5 Å². The highest BCUT2D eigenvalue weighted by Crippen LogP contribution is 2.31. The number of aryl methyl sites for hydroxylation is 1. The summed E-state index contributed by atoms with van der Waals surface area (Å²) in [7, 11) is 0. The van der Waals surface area contributed by atoms with Crippen molar-refractivity contribution in [3.8, 4) is 11.8 Å². The first-order valence-corrected chi connectivity index (χ1v) is 12.2. The molecule has 3 aliphatic rings. The molecular weight excluding hydrogens is 458 g/mol. The number of imide groups is 2. The van der Waals surface area contributed by atoms with Crippen molar-refractivity contribution in [2.45, 2.75) is 57.5 Å². The van der Waals surface area contributed by atoms with Gasteiger partial charge in [-0.2, -0.15) is 0 Å². The zero-order valence-electron chi connectivity index (χ0n) is 20.6. The molecule has 2 saturated heterocycles. The fraction of sp³-hybridized carbons (Fsp3) is 0.444. The average Bonchev–Trinajstić information content (AvgIpc) is 2.81. The Bertz CT molecular complexity index is 1180. The fourth-order valence-electron chi connectivity index (χ4n) is 4.57. The number of benzene rings is 1. The molecule has 1 unspecified atom stereocenters. The molecule has 2 heterocycles. The van der Waals surface area contributed by atoms with E-state index in [1.165, 1.54) is 12.6 Å². The van der Waals surface area contributed by atoms with E-state index in [0.29, 0.717) is 36.2 Å². The Morgan fingerprint density at radius 2 is 2.06 bits per heavy atom. The Hall–Kier alpha value is -3.93. The summed E-state index contributed by atoms with van der Waals surface area (Å²) in [6.07, 6.45) is 7.11. The van der Waals surface area contributed by atoms with Crippen molar-refractivity contribution >= 4 is 36.0 Å². The van der Waals surface area contributed by atoms with Crippen LogP contribution in [-0.2, 0) is 14.4 Å². The number of hydrogen-bond acceptors (Lipinski definition) is 7. The van der Waals surface area contributed by atoms with Gasteiger partial charge in [0.1, 0.15) is 6.04 Å². The number of carbonyl (C=O) groups is 4. The topological polar surface area (TPSA) is 123 Å². The second kappa shape index (κ2) is 10.4. The van der Waals surface area contributed by atoms with Crippen LogP contribution in [0.25, 0.3) is 0 Å². The highest BCUT2D eigenvalue weighted by Gasteiger charge is 2.36. The monoisotopic (exact) mass is 489 g/mol. The molecule has 1 aromatic rings. The largest absolute Gasteiger partial charge is 0.385 e. The normalized spacial score (nSPS) is 21.2. The summed E-state index contributed by atoms with van der Waals surface area (Å²) in [5, 5.41) is 13.2. The summed E-state index contributed by atoms with van der Waals surface area (Å²) in [5.41, 5.74) is 2.61. The Morgan fingerprint density at radius 1 is 1.31 bits per heavy atom. The number of piperidine rings is 1. The highest BCUT2D eigenvalue weighted by molar-refractivity contribution is 6.07. The van der Waals surface area contributed by atoms with Crippen molar-refractivity contribution in [3.05, 3.63) is 41.1 Å². The molecule has 4 amide bonds. The van der Waals surface area contributed by atoms with Gasteiger partial charge in [0, 0.05) is 48.7 Å². The number of carbonyl (C=O) groups excluding carboxylic acids is 4. The third kappa shape index (κ3) is 5.33. The zero-order valence-corrected chi connectivity index (χ0v) is 20.6.